The molecule has 8 heteroatoms. The zero-order valence-corrected chi connectivity index (χ0v) is 13.8. The van der Waals surface area contributed by atoms with Crippen LogP contribution in [0.25, 0.3) is 0 Å². The summed E-state index contributed by atoms with van der Waals surface area (Å²) in [5.74, 6) is -0.307. The highest BCUT2D eigenvalue weighted by Gasteiger charge is 2.19. The molecule has 0 amide bonds. The summed E-state index contributed by atoms with van der Waals surface area (Å²) in [7, 11) is 1.39. The van der Waals surface area contributed by atoms with Gasteiger partial charge >= 0.3 is 5.97 Å². The molecule has 0 aliphatic heterocycles. The quantitative estimate of drug-likeness (QED) is 0.615. The number of ether oxygens (including phenoxy) is 1. The highest BCUT2D eigenvalue weighted by molar-refractivity contribution is 5.76. The van der Waals surface area contributed by atoms with Crippen molar-refractivity contribution in [3.63, 3.8) is 0 Å². The third-order valence-electron chi connectivity index (χ3n) is 3.70. The first kappa shape index (κ1) is 16.8. The Kier molecular flexibility index (Phi) is 5.53. The number of aromatic nitrogens is 4. The first-order chi connectivity index (χ1) is 12.2. The van der Waals surface area contributed by atoms with Gasteiger partial charge in [0.05, 0.1) is 25.5 Å². The molecular formula is C17H19N5O3. The van der Waals surface area contributed by atoms with E-state index in [0.717, 1.165) is 17.0 Å². The van der Waals surface area contributed by atoms with Crippen LogP contribution in [0.2, 0.25) is 0 Å². The van der Waals surface area contributed by atoms with Crippen molar-refractivity contribution in [1.29, 1.82) is 0 Å². The van der Waals surface area contributed by atoms with Crippen LogP contribution in [0, 0.1) is 0 Å². The summed E-state index contributed by atoms with van der Waals surface area (Å²) in [6.45, 7) is 0.888. The fraction of sp³-hybridized carbons (Fsp3) is 0.294. The van der Waals surface area contributed by atoms with Gasteiger partial charge in [-0.25, -0.2) is 4.68 Å². The third-order valence-corrected chi connectivity index (χ3v) is 3.70. The van der Waals surface area contributed by atoms with Crippen LogP contribution >= 0.6 is 0 Å². The molecule has 3 aromatic rings. The van der Waals surface area contributed by atoms with Crippen molar-refractivity contribution in [2.45, 2.75) is 25.6 Å². The number of nitrogens with zero attached hydrogens (tertiary/aromatic N) is 4. The zero-order chi connectivity index (χ0) is 17.5. The average Bonchev–Trinajstić information content (AvgIpc) is 3.31. The van der Waals surface area contributed by atoms with Crippen molar-refractivity contribution in [1.82, 2.24) is 25.5 Å². The van der Waals surface area contributed by atoms with E-state index in [4.69, 9.17) is 9.26 Å². The molecule has 1 unspecified atom stereocenters. The van der Waals surface area contributed by atoms with Crippen molar-refractivity contribution in [3.8, 4) is 0 Å². The molecule has 1 aromatic carbocycles. The lowest BCUT2D eigenvalue weighted by molar-refractivity contribution is -0.143. The van der Waals surface area contributed by atoms with Crippen LogP contribution in [0.3, 0.4) is 0 Å². The fourth-order valence-corrected chi connectivity index (χ4v) is 2.44. The summed E-state index contributed by atoms with van der Waals surface area (Å²) in [6, 6.07) is 11.1. The Morgan fingerprint density at radius 3 is 2.84 bits per heavy atom. The molecule has 2 heterocycles. The number of rotatable bonds is 8. The summed E-state index contributed by atoms with van der Waals surface area (Å²) >= 11 is 0. The number of hydrogen-bond acceptors (Lipinski definition) is 7. The smallest absolute Gasteiger partial charge is 0.323 e. The molecule has 2 aromatic heterocycles. The monoisotopic (exact) mass is 341 g/mol. The lowest BCUT2D eigenvalue weighted by Crippen LogP contribution is -2.39. The van der Waals surface area contributed by atoms with E-state index in [0.29, 0.717) is 19.5 Å². The fourth-order valence-electron chi connectivity index (χ4n) is 2.44. The molecule has 1 N–H and O–H groups in total. The minimum atomic E-state index is -0.451. The Bertz CT molecular complexity index is 786. The van der Waals surface area contributed by atoms with Gasteiger partial charge in [0, 0.05) is 12.6 Å². The molecule has 0 spiro atoms. The topological polar surface area (TPSA) is 95.1 Å². The molecule has 0 fully saturated rings. The number of esters is 1. The van der Waals surface area contributed by atoms with Gasteiger partial charge in [-0.2, -0.15) is 0 Å². The highest BCUT2D eigenvalue weighted by Crippen LogP contribution is 2.06. The maximum atomic E-state index is 12.0. The summed E-state index contributed by atoms with van der Waals surface area (Å²) in [6.07, 6.45) is 3.86. The normalized spacial score (nSPS) is 12.0. The first-order valence-corrected chi connectivity index (χ1v) is 7.88. The van der Waals surface area contributed by atoms with E-state index in [1.807, 2.05) is 30.3 Å². The second-order valence-electron chi connectivity index (χ2n) is 5.54. The predicted molar refractivity (Wildman–Crippen MR) is 88.4 cm³/mol. The number of benzene rings is 1. The largest absolute Gasteiger partial charge is 0.468 e. The Morgan fingerprint density at radius 1 is 1.28 bits per heavy atom. The summed E-state index contributed by atoms with van der Waals surface area (Å²) < 4.78 is 11.3. The molecule has 0 bridgehead atoms. The van der Waals surface area contributed by atoms with E-state index >= 15 is 0 Å². The van der Waals surface area contributed by atoms with E-state index in [-0.39, 0.29) is 5.97 Å². The van der Waals surface area contributed by atoms with Crippen LogP contribution in [0.5, 0.6) is 0 Å². The van der Waals surface area contributed by atoms with Crippen LogP contribution in [0.1, 0.15) is 17.0 Å². The van der Waals surface area contributed by atoms with E-state index in [1.165, 1.54) is 13.4 Å². The molecule has 3 rings (SSSR count). The van der Waals surface area contributed by atoms with Gasteiger partial charge in [-0.15, -0.1) is 5.10 Å². The molecule has 0 saturated heterocycles. The number of carbonyl (C=O) groups is 1. The molecule has 0 aliphatic rings. The van der Waals surface area contributed by atoms with Gasteiger partial charge in [0.15, 0.2) is 0 Å². The minimum absolute atomic E-state index is 0.307. The van der Waals surface area contributed by atoms with Crippen LogP contribution in [0.15, 0.2) is 53.4 Å². The van der Waals surface area contributed by atoms with Gasteiger partial charge in [0.1, 0.15) is 18.0 Å². The van der Waals surface area contributed by atoms with Crippen molar-refractivity contribution >= 4 is 5.97 Å². The van der Waals surface area contributed by atoms with Crippen molar-refractivity contribution in [2.24, 2.45) is 0 Å². The summed E-state index contributed by atoms with van der Waals surface area (Å²) in [4.78, 5) is 12.0. The third kappa shape index (κ3) is 4.74. The molecule has 0 radical (unpaired) electrons. The van der Waals surface area contributed by atoms with E-state index in [1.54, 1.807) is 16.9 Å². The Hall–Kier alpha value is -3.00. The van der Waals surface area contributed by atoms with E-state index < -0.39 is 6.04 Å². The van der Waals surface area contributed by atoms with E-state index in [9.17, 15) is 4.79 Å². The molecular weight excluding hydrogens is 322 g/mol. The van der Waals surface area contributed by atoms with Crippen LogP contribution in [-0.4, -0.2) is 39.3 Å². The average molecular weight is 341 g/mol. The van der Waals surface area contributed by atoms with Gasteiger partial charge in [-0.05, 0) is 12.0 Å². The first-order valence-electron chi connectivity index (χ1n) is 7.88. The Morgan fingerprint density at radius 2 is 2.12 bits per heavy atom. The van der Waals surface area contributed by atoms with Gasteiger partial charge in [0.25, 0.3) is 0 Å². The standard InChI is InChI=1S/C17H19N5O3/c1-24-17(23)16(9-13-5-3-2-4-6-13)18-10-15-12-22(21-19-15)11-14-7-8-25-20-14/h2-8,12,16,18H,9-11H2,1H3. The predicted octanol–water partition coefficient (Wildman–Crippen LogP) is 1.19. The molecule has 0 aliphatic carbocycles. The minimum Gasteiger partial charge on any atom is -0.468 e. The van der Waals surface area contributed by atoms with Crippen molar-refractivity contribution in [2.75, 3.05) is 7.11 Å². The van der Waals surface area contributed by atoms with Crippen molar-refractivity contribution in [3.05, 3.63) is 65.8 Å². The molecule has 0 saturated carbocycles. The number of hydrogen-bond donors (Lipinski definition) is 1. The Balaban J connectivity index is 1.59. The lowest BCUT2D eigenvalue weighted by atomic mass is 10.1. The van der Waals surface area contributed by atoms with Gasteiger partial charge in [0.2, 0.25) is 0 Å². The van der Waals surface area contributed by atoms with Gasteiger partial charge in [-0.1, -0.05) is 40.7 Å². The Labute approximate surface area is 144 Å². The molecule has 25 heavy (non-hydrogen) atoms. The molecule has 130 valence electrons. The number of methoxy groups -OCH3 is 1. The van der Waals surface area contributed by atoms with Crippen LogP contribution in [-0.2, 0) is 29.0 Å². The number of carbonyl (C=O) groups excluding carboxylic acids is 1. The maximum absolute atomic E-state index is 12.0. The van der Waals surface area contributed by atoms with Crippen LogP contribution < -0.4 is 5.32 Å². The SMILES string of the molecule is COC(=O)C(Cc1ccccc1)NCc1cn(Cc2ccon2)nn1. The number of nitrogens with one attached hydrogen (secondary N) is 1. The second-order valence-corrected chi connectivity index (χ2v) is 5.54. The highest BCUT2D eigenvalue weighted by atomic mass is 16.5. The maximum Gasteiger partial charge on any atom is 0.323 e. The van der Waals surface area contributed by atoms with Crippen molar-refractivity contribution < 1.29 is 14.1 Å². The van der Waals surface area contributed by atoms with Crippen LogP contribution in [0.4, 0.5) is 0 Å². The second kappa shape index (κ2) is 8.20. The lowest BCUT2D eigenvalue weighted by Gasteiger charge is -2.15. The summed E-state index contributed by atoms with van der Waals surface area (Å²) in [5, 5.41) is 15.2. The van der Waals surface area contributed by atoms with Gasteiger partial charge in [-0.3, -0.25) is 10.1 Å². The molecule has 8 nitrogen and oxygen atoms in total. The van der Waals surface area contributed by atoms with E-state index in [2.05, 4.69) is 20.8 Å². The molecule has 1 atom stereocenters. The summed E-state index contributed by atoms with van der Waals surface area (Å²) in [5.41, 5.74) is 2.55. The van der Waals surface area contributed by atoms with Gasteiger partial charge < -0.3 is 9.26 Å². The zero-order valence-electron chi connectivity index (χ0n) is 13.8.